The van der Waals surface area contributed by atoms with Gasteiger partial charge in [0.15, 0.2) is 17.9 Å². The molecule has 0 saturated carbocycles. The molecule has 0 bridgehead atoms. The lowest BCUT2D eigenvalue weighted by Gasteiger charge is -2.42. The molecule has 1 saturated heterocycles. The van der Waals surface area contributed by atoms with Crippen LogP contribution < -0.4 is 10.5 Å². The third-order valence-corrected chi connectivity index (χ3v) is 9.79. The molecule has 6 N–H and O–H groups in total. The minimum absolute atomic E-state index is 0.0205. The maximum Gasteiger partial charge on any atom is 0.202 e. The second-order valence-corrected chi connectivity index (χ2v) is 12.7. The Kier molecular flexibility index (Phi) is 8.23. The van der Waals surface area contributed by atoms with Gasteiger partial charge in [-0.1, -0.05) is 30.3 Å². The fourth-order valence-electron chi connectivity index (χ4n) is 6.40. The molecule has 3 aromatic carbocycles. The Hall–Kier alpha value is -3.78. The number of ether oxygens (including phenoxy) is 3. The summed E-state index contributed by atoms with van der Waals surface area (Å²) in [6.45, 7) is 1.62. The molecule has 6 atom stereocenters. The number of carbonyl (C=O) groups excluding carboxylic acids is 3. The van der Waals surface area contributed by atoms with Crippen LogP contribution in [0.2, 0.25) is 0 Å². The Morgan fingerprint density at radius 3 is 2.44 bits per heavy atom. The van der Waals surface area contributed by atoms with Gasteiger partial charge in [0.25, 0.3) is 0 Å². The maximum atomic E-state index is 13.8. The highest BCUT2D eigenvalue weighted by atomic mass is 32.2. The van der Waals surface area contributed by atoms with Gasteiger partial charge in [-0.05, 0) is 25.1 Å². The molecule has 2 aliphatic carbocycles. The van der Waals surface area contributed by atoms with Crippen LogP contribution in [0, 0.1) is 0 Å². The first kappa shape index (κ1) is 31.2. The number of thioether (sulfide) groups is 1. The molecule has 6 rings (SSSR count). The predicted molar refractivity (Wildman–Crippen MR) is 162 cm³/mol. The van der Waals surface area contributed by atoms with Crippen LogP contribution in [-0.4, -0.2) is 80.8 Å². The van der Waals surface area contributed by atoms with E-state index in [1.807, 2.05) is 30.3 Å². The quantitative estimate of drug-likeness (QED) is 0.148. The normalized spacial score (nSPS) is 27.4. The van der Waals surface area contributed by atoms with Crippen molar-refractivity contribution >= 4 is 29.1 Å². The largest absolute Gasteiger partial charge is 0.507 e. The number of aromatic hydroxyl groups is 2. The summed E-state index contributed by atoms with van der Waals surface area (Å²) in [5, 5.41) is 45.5. The van der Waals surface area contributed by atoms with Crippen LogP contribution in [-0.2, 0) is 20.7 Å². The van der Waals surface area contributed by atoms with Crippen molar-refractivity contribution in [2.45, 2.75) is 67.3 Å². The van der Waals surface area contributed by atoms with E-state index in [2.05, 4.69) is 0 Å². The number of phenolic OH excluding ortho intramolecular Hbond substituents is 2. The lowest BCUT2D eigenvalue weighted by molar-refractivity contribution is -0.247. The van der Waals surface area contributed by atoms with Crippen LogP contribution in [0.3, 0.4) is 0 Å². The first-order valence-electron chi connectivity index (χ1n) is 14.5. The molecule has 1 aliphatic heterocycles. The molecule has 236 valence electrons. The van der Waals surface area contributed by atoms with Gasteiger partial charge in [0.05, 0.1) is 47.9 Å². The zero-order valence-electron chi connectivity index (χ0n) is 24.6. The number of fused-ring (bicyclic) bond motifs is 3. The third-order valence-electron chi connectivity index (χ3n) is 8.77. The number of aliphatic hydroxyl groups excluding tert-OH is 1. The van der Waals surface area contributed by atoms with Gasteiger partial charge in [-0.2, -0.15) is 0 Å². The van der Waals surface area contributed by atoms with E-state index >= 15 is 0 Å². The van der Waals surface area contributed by atoms with Crippen molar-refractivity contribution in [3.8, 4) is 17.2 Å². The number of phenols is 2. The average Bonchev–Trinajstić information content (AvgIpc) is 3.02. The summed E-state index contributed by atoms with van der Waals surface area (Å²) in [7, 11) is 1.34. The van der Waals surface area contributed by atoms with E-state index in [1.165, 1.54) is 37.1 Å². The fraction of sp³-hybridized carbons (Fsp3) is 0.364. The van der Waals surface area contributed by atoms with E-state index in [0.29, 0.717) is 0 Å². The topological polar surface area (TPSA) is 186 Å². The molecule has 0 amide bonds. The number of rotatable bonds is 7. The highest BCUT2D eigenvalue weighted by Gasteiger charge is 2.50. The van der Waals surface area contributed by atoms with Crippen molar-refractivity contribution in [3.63, 3.8) is 0 Å². The van der Waals surface area contributed by atoms with Crippen LogP contribution in [0.1, 0.15) is 68.8 Å². The van der Waals surface area contributed by atoms with Gasteiger partial charge in [0.1, 0.15) is 22.8 Å². The van der Waals surface area contributed by atoms with Crippen molar-refractivity contribution < 1.29 is 49.0 Å². The predicted octanol–water partition coefficient (Wildman–Crippen LogP) is 2.80. The molecular weight excluding hydrogens is 602 g/mol. The van der Waals surface area contributed by atoms with E-state index in [9.17, 15) is 34.8 Å². The molecule has 1 heterocycles. The van der Waals surface area contributed by atoms with Gasteiger partial charge >= 0.3 is 0 Å². The number of nitrogens with two attached hydrogens (primary N) is 1. The van der Waals surface area contributed by atoms with Crippen molar-refractivity contribution in [1.82, 2.24) is 0 Å². The molecule has 1 fully saturated rings. The van der Waals surface area contributed by atoms with Gasteiger partial charge in [0.2, 0.25) is 5.78 Å². The van der Waals surface area contributed by atoms with Crippen LogP contribution in [0.25, 0.3) is 0 Å². The molecule has 0 aromatic heterocycles. The zero-order valence-corrected chi connectivity index (χ0v) is 25.4. The number of aliphatic hydroxyl groups is 2. The highest BCUT2D eigenvalue weighted by Crippen LogP contribution is 2.52. The Balaban J connectivity index is 1.45. The average molecular weight is 636 g/mol. The van der Waals surface area contributed by atoms with Crippen LogP contribution in [0.4, 0.5) is 0 Å². The monoisotopic (exact) mass is 635 g/mol. The summed E-state index contributed by atoms with van der Waals surface area (Å²) in [6, 6.07) is 12.9. The lowest BCUT2D eigenvalue weighted by atomic mass is 9.72. The summed E-state index contributed by atoms with van der Waals surface area (Å²) in [5.74, 6) is -3.27. The first-order valence-corrected chi connectivity index (χ1v) is 15.5. The minimum atomic E-state index is -2.08. The molecule has 45 heavy (non-hydrogen) atoms. The minimum Gasteiger partial charge on any atom is -0.507 e. The van der Waals surface area contributed by atoms with Gasteiger partial charge in [-0.3, -0.25) is 14.4 Å². The van der Waals surface area contributed by atoms with Crippen LogP contribution in [0.5, 0.6) is 17.2 Å². The standard InChI is InChI=1S/C33H33NO10S/c1-15-28(36)19(34)11-23(43-15)44-21-13-33(41,22(35)14-45-16-7-4-3-5-8-16)12-18-25(21)32(40)27-26(30(18)38)29(37)17-9-6-10-20(42-2)24(17)31(27)39/h3-10,15,19,21,23,28,36,38,40-41H,11-14,34H2,1-2H3/t15-,19+,21+,23-,28-,33-/m0/s1. The molecule has 3 aromatic rings. The second kappa shape index (κ2) is 11.9. The smallest absolute Gasteiger partial charge is 0.202 e. The lowest BCUT2D eigenvalue weighted by Crippen LogP contribution is -2.52. The summed E-state index contributed by atoms with van der Waals surface area (Å²) >= 11 is 1.22. The van der Waals surface area contributed by atoms with Crippen molar-refractivity contribution in [2.24, 2.45) is 5.73 Å². The van der Waals surface area contributed by atoms with Crippen LogP contribution >= 0.6 is 11.8 Å². The Morgan fingerprint density at radius 1 is 1.04 bits per heavy atom. The van der Waals surface area contributed by atoms with Gasteiger partial charge in [-0.25, -0.2) is 0 Å². The number of hydrogen-bond donors (Lipinski definition) is 5. The number of carbonyl (C=O) groups is 3. The second-order valence-electron chi connectivity index (χ2n) is 11.6. The summed E-state index contributed by atoms with van der Waals surface area (Å²) < 4.78 is 17.4. The Labute approximate surface area is 262 Å². The number of benzene rings is 3. The Bertz CT molecular complexity index is 1680. The van der Waals surface area contributed by atoms with E-state index < -0.39 is 82.6 Å². The van der Waals surface area contributed by atoms with E-state index in [0.717, 1.165) is 4.90 Å². The molecule has 0 spiro atoms. The molecule has 12 heteroatoms. The van der Waals surface area contributed by atoms with E-state index in [1.54, 1.807) is 6.92 Å². The molecule has 0 unspecified atom stereocenters. The first-order chi connectivity index (χ1) is 21.4. The number of ketones is 3. The maximum absolute atomic E-state index is 13.8. The van der Waals surface area contributed by atoms with Gasteiger partial charge in [0, 0.05) is 46.9 Å². The van der Waals surface area contributed by atoms with E-state index in [4.69, 9.17) is 19.9 Å². The third kappa shape index (κ3) is 5.31. The van der Waals surface area contributed by atoms with Gasteiger partial charge < -0.3 is 40.4 Å². The SMILES string of the molecule is COc1cccc2c1C(=O)c1c(O)c3c(c(O)c1C2=O)C[C@@](O)(C(=O)CSc1ccccc1)C[C@H]3O[C@H]1C[C@@H](N)[C@@H](O)[C@H](C)O1. The molecule has 3 aliphatic rings. The van der Waals surface area contributed by atoms with E-state index in [-0.39, 0.29) is 46.6 Å². The van der Waals surface area contributed by atoms with Crippen LogP contribution in [0.15, 0.2) is 53.4 Å². The number of hydrogen-bond acceptors (Lipinski definition) is 12. The summed E-state index contributed by atoms with van der Waals surface area (Å²) in [6.07, 6.45) is -4.72. The Morgan fingerprint density at radius 2 is 1.76 bits per heavy atom. The van der Waals surface area contributed by atoms with Crippen molar-refractivity contribution in [2.75, 3.05) is 12.9 Å². The molecular formula is C33H33NO10S. The molecule has 0 radical (unpaired) electrons. The van der Waals surface area contributed by atoms with Crippen molar-refractivity contribution in [1.29, 1.82) is 0 Å². The summed E-state index contributed by atoms with van der Waals surface area (Å²) in [4.78, 5) is 42.0. The molecule has 11 nitrogen and oxygen atoms in total. The number of Topliss-reactive ketones (excluding diaryl/α,β-unsaturated/α-hetero) is 1. The number of methoxy groups -OCH3 is 1. The zero-order chi connectivity index (χ0) is 32.2. The fourth-order valence-corrected chi connectivity index (χ4v) is 7.32. The van der Waals surface area contributed by atoms with Gasteiger partial charge in [-0.15, -0.1) is 11.8 Å². The van der Waals surface area contributed by atoms with Crippen molar-refractivity contribution in [3.05, 3.63) is 81.9 Å². The highest BCUT2D eigenvalue weighted by molar-refractivity contribution is 8.00. The summed E-state index contributed by atoms with van der Waals surface area (Å²) in [5.41, 5.74) is 2.95.